The molecule has 0 saturated heterocycles. The Hall–Kier alpha value is -6.38. The minimum atomic E-state index is -0.122. The van der Waals surface area contributed by atoms with Gasteiger partial charge in [0, 0.05) is 27.4 Å². The van der Waals surface area contributed by atoms with E-state index in [1.165, 1.54) is 55.3 Å². The van der Waals surface area contributed by atoms with E-state index in [2.05, 4.69) is 195 Å². The molecule has 0 fully saturated rings. The molecule has 1 aliphatic rings. The van der Waals surface area contributed by atoms with Crippen molar-refractivity contribution in [2.45, 2.75) is 19.3 Å². The van der Waals surface area contributed by atoms with Crippen molar-refractivity contribution in [3.63, 3.8) is 0 Å². The Labute approximate surface area is 297 Å². The molecule has 1 aliphatic carbocycles. The first-order valence-electron chi connectivity index (χ1n) is 17.7. The molecule has 0 radical (unpaired) electrons. The Kier molecular flexibility index (Phi) is 6.56. The zero-order valence-electron chi connectivity index (χ0n) is 28.6. The second-order valence-electron chi connectivity index (χ2n) is 14.1. The summed E-state index contributed by atoms with van der Waals surface area (Å²) < 4.78 is 6.89. The summed E-state index contributed by atoms with van der Waals surface area (Å²) in [5, 5.41) is 4.73. The molecule has 1 heterocycles. The van der Waals surface area contributed by atoms with Crippen LogP contribution >= 0.6 is 0 Å². The highest BCUT2D eigenvalue weighted by Crippen LogP contribution is 2.55. The van der Waals surface area contributed by atoms with Crippen LogP contribution in [0.25, 0.3) is 66.1 Å². The maximum absolute atomic E-state index is 6.89. The molecule has 2 heteroatoms. The van der Waals surface area contributed by atoms with Gasteiger partial charge in [0.25, 0.3) is 0 Å². The molecule has 0 bridgehead atoms. The molecule has 0 atom stereocenters. The van der Waals surface area contributed by atoms with E-state index in [0.717, 1.165) is 39.0 Å². The molecule has 8 aromatic carbocycles. The fraction of sp³-hybridized carbons (Fsp3) is 0.0612. The van der Waals surface area contributed by atoms with E-state index in [4.69, 9.17) is 4.42 Å². The lowest BCUT2D eigenvalue weighted by molar-refractivity contribution is 0.660. The molecular formula is C49H35NO. The highest BCUT2D eigenvalue weighted by Gasteiger charge is 2.38. The second-order valence-corrected chi connectivity index (χ2v) is 14.1. The summed E-state index contributed by atoms with van der Waals surface area (Å²) >= 11 is 0. The Morgan fingerprint density at radius 1 is 0.471 bits per heavy atom. The molecule has 0 spiro atoms. The lowest BCUT2D eigenvalue weighted by atomic mass is 9.82. The van der Waals surface area contributed by atoms with Gasteiger partial charge in [-0.05, 0) is 86.1 Å². The summed E-state index contributed by atoms with van der Waals surface area (Å²) in [4.78, 5) is 2.41. The summed E-state index contributed by atoms with van der Waals surface area (Å²) in [6.45, 7) is 4.68. The van der Waals surface area contributed by atoms with E-state index in [1.807, 2.05) is 0 Å². The molecule has 0 amide bonds. The summed E-state index contributed by atoms with van der Waals surface area (Å²) in [6, 6.07) is 63.5. The van der Waals surface area contributed by atoms with Gasteiger partial charge in [-0.1, -0.05) is 153 Å². The minimum absolute atomic E-state index is 0.122. The normalized spacial score (nSPS) is 13.1. The molecule has 0 unspecified atom stereocenters. The molecule has 10 rings (SSSR count). The van der Waals surface area contributed by atoms with Crippen molar-refractivity contribution < 1.29 is 4.42 Å². The van der Waals surface area contributed by atoms with Gasteiger partial charge in [-0.15, -0.1) is 0 Å². The predicted molar refractivity (Wildman–Crippen MR) is 214 cm³/mol. The van der Waals surface area contributed by atoms with Gasteiger partial charge in [-0.25, -0.2) is 0 Å². The number of benzene rings is 8. The molecule has 0 saturated carbocycles. The second kappa shape index (κ2) is 11.3. The Morgan fingerprint density at radius 2 is 1.14 bits per heavy atom. The SMILES string of the molecule is CC1(C)c2ccccc2-c2c(N(c3ccc(-c4ccc5ccccc5c4)cc3)c3cccc4c3oc3cccc(-c5ccccc5)c34)cccc21. The van der Waals surface area contributed by atoms with Crippen molar-refractivity contribution in [3.05, 3.63) is 187 Å². The molecule has 9 aromatic rings. The van der Waals surface area contributed by atoms with Crippen LogP contribution < -0.4 is 4.90 Å². The molecular weight excluding hydrogens is 619 g/mol. The molecule has 0 N–H and O–H groups in total. The van der Waals surface area contributed by atoms with E-state index in [1.54, 1.807) is 0 Å². The van der Waals surface area contributed by atoms with Crippen LogP contribution in [0, 0.1) is 0 Å². The van der Waals surface area contributed by atoms with Crippen molar-refractivity contribution in [1.82, 2.24) is 0 Å². The summed E-state index contributed by atoms with van der Waals surface area (Å²) in [6.07, 6.45) is 0. The molecule has 242 valence electrons. The van der Waals surface area contributed by atoms with Crippen LogP contribution in [0.15, 0.2) is 180 Å². The van der Waals surface area contributed by atoms with Gasteiger partial charge in [0.2, 0.25) is 0 Å². The maximum Gasteiger partial charge on any atom is 0.159 e. The molecule has 51 heavy (non-hydrogen) atoms. The number of hydrogen-bond acceptors (Lipinski definition) is 2. The first kappa shape index (κ1) is 29.5. The zero-order chi connectivity index (χ0) is 34.1. The third-order valence-corrected chi connectivity index (χ3v) is 10.9. The van der Waals surface area contributed by atoms with Crippen molar-refractivity contribution in [2.24, 2.45) is 0 Å². The van der Waals surface area contributed by atoms with Crippen LogP contribution in [0.5, 0.6) is 0 Å². The zero-order valence-corrected chi connectivity index (χ0v) is 28.6. The maximum atomic E-state index is 6.89. The molecule has 0 aliphatic heterocycles. The van der Waals surface area contributed by atoms with E-state index in [9.17, 15) is 0 Å². The van der Waals surface area contributed by atoms with Gasteiger partial charge < -0.3 is 9.32 Å². The molecule has 1 aromatic heterocycles. The Morgan fingerprint density at radius 3 is 2.00 bits per heavy atom. The average molecular weight is 654 g/mol. The summed E-state index contributed by atoms with van der Waals surface area (Å²) in [5.41, 5.74) is 14.8. The van der Waals surface area contributed by atoms with E-state index in [0.29, 0.717) is 0 Å². The van der Waals surface area contributed by atoms with Crippen LogP contribution in [0.3, 0.4) is 0 Å². The number of rotatable bonds is 5. The number of hydrogen-bond donors (Lipinski definition) is 0. The van der Waals surface area contributed by atoms with Crippen LogP contribution in [0.4, 0.5) is 17.1 Å². The van der Waals surface area contributed by atoms with Crippen LogP contribution in [0.2, 0.25) is 0 Å². The minimum Gasteiger partial charge on any atom is -0.454 e. The van der Waals surface area contributed by atoms with E-state index < -0.39 is 0 Å². The Balaban J connectivity index is 1.21. The van der Waals surface area contributed by atoms with E-state index in [-0.39, 0.29) is 5.41 Å². The van der Waals surface area contributed by atoms with Crippen molar-refractivity contribution in [2.75, 3.05) is 4.90 Å². The highest BCUT2D eigenvalue weighted by atomic mass is 16.3. The number of fused-ring (bicyclic) bond motifs is 7. The average Bonchev–Trinajstić information content (AvgIpc) is 3.69. The van der Waals surface area contributed by atoms with Gasteiger partial charge in [-0.3, -0.25) is 0 Å². The van der Waals surface area contributed by atoms with Crippen LogP contribution in [-0.4, -0.2) is 0 Å². The monoisotopic (exact) mass is 653 g/mol. The van der Waals surface area contributed by atoms with Crippen LogP contribution in [-0.2, 0) is 5.41 Å². The third-order valence-electron chi connectivity index (χ3n) is 10.9. The van der Waals surface area contributed by atoms with E-state index >= 15 is 0 Å². The number of nitrogens with zero attached hydrogens (tertiary/aromatic N) is 1. The largest absolute Gasteiger partial charge is 0.454 e. The van der Waals surface area contributed by atoms with Gasteiger partial charge in [0.05, 0.1) is 11.4 Å². The topological polar surface area (TPSA) is 16.4 Å². The van der Waals surface area contributed by atoms with Crippen LogP contribution in [0.1, 0.15) is 25.0 Å². The summed E-state index contributed by atoms with van der Waals surface area (Å²) in [7, 11) is 0. The lowest BCUT2D eigenvalue weighted by Gasteiger charge is -2.29. The van der Waals surface area contributed by atoms with Gasteiger partial charge in [0.15, 0.2) is 5.58 Å². The van der Waals surface area contributed by atoms with Gasteiger partial charge in [0.1, 0.15) is 5.58 Å². The quantitative estimate of drug-likeness (QED) is 0.184. The lowest BCUT2D eigenvalue weighted by Crippen LogP contribution is -2.16. The predicted octanol–water partition coefficient (Wildman–Crippen LogP) is 13.8. The summed E-state index contributed by atoms with van der Waals surface area (Å²) in [5.74, 6) is 0. The smallest absolute Gasteiger partial charge is 0.159 e. The third kappa shape index (κ3) is 4.57. The van der Waals surface area contributed by atoms with Crippen molar-refractivity contribution in [1.29, 1.82) is 0 Å². The number of para-hydroxylation sites is 1. The first-order valence-corrected chi connectivity index (χ1v) is 17.7. The highest BCUT2D eigenvalue weighted by molar-refractivity contribution is 6.16. The van der Waals surface area contributed by atoms with Gasteiger partial charge in [-0.2, -0.15) is 0 Å². The van der Waals surface area contributed by atoms with Crippen molar-refractivity contribution in [3.8, 4) is 33.4 Å². The van der Waals surface area contributed by atoms with Gasteiger partial charge >= 0.3 is 0 Å². The fourth-order valence-electron chi connectivity index (χ4n) is 8.37. The first-order chi connectivity index (χ1) is 25.1. The number of anilines is 3. The van der Waals surface area contributed by atoms with Crippen molar-refractivity contribution >= 4 is 49.8 Å². The number of furan rings is 1. The fourth-order valence-corrected chi connectivity index (χ4v) is 8.37. The standard InChI is InChI=1S/C49H35NO/c1-49(2)41-20-9-8-17-39(41)47-42(49)21-12-22-43(47)50(37-29-27-33(28-30-37)36-26-25-32-13-6-7-16-35(32)31-36)44-23-10-19-40-46-38(34-14-4-3-5-15-34)18-11-24-45(46)51-48(40)44/h3-31H,1-2H3. The molecule has 2 nitrogen and oxygen atoms in total. The Bertz CT molecular complexity index is 2770.